The van der Waals surface area contributed by atoms with E-state index in [0.29, 0.717) is 12.0 Å². The SMILES string of the molecule is CC(C)c1c[nH]c(=S)n1C(C)CC1CC1. The molecule has 1 aromatic rings. The molecule has 2 nitrogen and oxygen atoms in total. The molecule has 2 rings (SSSR count). The first kappa shape index (κ1) is 10.9. The van der Waals surface area contributed by atoms with Gasteiger partial charge >= 0.3 is 0 Å². The summed E-state index contributed by atoms with van der Waals surface area (Å²) in [6, 6.07) is 0.550. The summed E-state index contributed by atoms with van der Waals surface area (Å²) < 4.78 is 3.19. The van der Waals surface area contributed by atoms with Gasteiger partial charge in [-0.15, -0.1) is 0 Å². The van der Waals surface area contributed by atoms with Crippen LogP contribution in [0.3, 0.4) is 0 Å². The van der Waals surface area contributed by atoms with Gasteiger partial charge in [0.2, 0.25) is 0 Å². The molecule has 15 heavy (non-hydrogen) atoms. The van der Waals surface area contributed by atoms with Crippen LogP contribution >= 0.6 is 12.2 Å². The molecule has 1 fully saturated rings. The molecule has 0 aromatic carbocycles. The Balaban J connectivity index is 2.23. The Labute approximate surface area is 96.7 Å². The number of imidazole rings is 1. The lowest BCUT2D eigenvalue weighted by Gasteiger charge is -2.18. The van der Waals surface area contributed by atoms with E-state index in [1.807, 2.05) is 0 Å². The molecule has 0 amide bonds. The van der Waals surface area contributed by atoms with E-state index in [0.717, 1.165) is 10.7 Å². The second-order valence-corrected chi connectivity index (χ2v) is 5.46. The van der Waals surface area contributed by atoms with Crippen LogP contribution in [0.4, 0.5) is 0 Å². The molecule has 1 aliphatic carbocycles. The summed E-state index contributed by atoms with van der Waals surface area (Å²) in [5.41, 5.74) is 1.34. The van der Waals surface area contributed by atoms with Gasteiger partial charge in [-0.3, -0.25) is 0 Å². The molecule has 3 heteroatoms. The Morgan fingerprint density at radius 1 is 1.47 bits per heavy atom. The van der Waals surface area contributed by atoms with Gasteiger partial charge in [-0.1, -0.05) is 26.7 Å². The monoisotopic (exact) mass is 224 g/mol. The molecule has 1 N–H and O–H groups in total. The van der Waals surface area contributed by atoms with Crippen molar-refractivity contribution in [1.82, 2.24) is 9.55 Å². The molecule has 0 spiro atoms. The summed E-state index contributed by atoms with van der Waals surface area (Å²) in [4.78, 5) is 3.17. The van der Waals surface area contributed by atoms with Gasteiger partial charge in [0, 0.05) is 17.9 Å². The molecule has 1 heterocycles. The van der Waals surface area contributed by atoms with Gasteiger partial charge in [0.15, 0.2) is 4.77 Å². The Kier molecular flexibility index (Phi) is 3.01. The minimum Gasteiger partial charge on any atom is -0.337 e. The smallest absolute Gasteiger partial charge is 0.177 e. The van der Waals surface area contributed by atoms with Crippen LogP contribution in [0.5, 0.6) is 0 Å². The molecule has 0 radical (unpaired) electrons. The minimum absolute atomic E-state index is 0.541. The van der Waals surface area contributed by atoms with Gasteiger partial charge in [-0.25, -0.2) is 0 Å². The summed E-state index contributed by atoms with van der Waals surface area (Å²) >= 11 is 5.35. The van der Waals surface area contributed by atoms with E-state index in [1.165, 1.54) is 25.0 Å². The Bertz CT molecular complexity index is 385. The minimum atomic E-state index is 0.541. The van der Waals surface area contributed by atoms with Gasteiger partial charge in [-0.2, -0.15) is 0 Å². The number of nitrogens with zero attached hydrogens (tertiary/aromatic N) is 1. The van der Waals surface area contributed by atoms with E-state index in [-0.39, 0.29) is 0 Å². The van der Waals surface area contributed by atoms with E-state index >= 15 is 0 Å². The van der Waals surface area contributed by atoms with Crippen LogP contribution in [0.15, 0.2) is 6.20 Å². The molecule has 0 bridgehead atoms. The fourth-order valence-corrected chi connectivity index (χ4v) is 2.58. The van der Waals surface area contributed by atoms with Crippen molar-refractivity contribution in [3.8, 4) is 0 Å². The van der Waals surface area contributed by atoms with E-state index in [9.17, 15) is 0 Å². The Hall–Kier alpha value is -0.570. The van der Waals surface area contributed by atoms with E-state index in [4.69, 9.17) is 12.2 Å². The quantitative estimate of drug-likeness (QED) is 0.766. The van der Waals surface area contributed by atoms with Crippen LogP contribution in [0.25, 0.3) is 0 Å². The fraction of sp³-hybridized carbons (Fsp3) is 0.750. The highest BCUT2D eigenvalue weighted by Crippen LogP contribution is 2.37. The first-order valence-electron chi connectivity index (χ1n) is 5.89. The lowest BCUT2D eigenvalue weighted by Crippen LogP contribution is -2.10. The molecular formula is C12H20N2S. The third kappa shape index (κ3) is 2.33. The molecule has 84 valence electrons. The number of hydrogen-bond acceptors (Lipinski definition) is 1. The number of rotatable bonds is 4. The van der Waals surface area contributed by atoms with Crippen LogP contribution in [0.1, 0.15) is 57.7 Å². The maximum absolute atomic E-state index is 5.35. The van der Waals surface area contributed by atoms with Crippen molar-refractivity contribution in [2.24, 2.45) is 5.92 Å². The predicted octanol–water partition coefficient (Wildman–Crippen LogP) is 4.03. The van der Waals surface area contributed by atoms with Crippen LogP contribution in [-0.2, 0) is 0 Å². The van der Waals surface area contributed by atoms with Gasteiger partial charge in [0.05, 0.1) is 0 Å². The maximum Gasteiger partial charge on any atom is 0.177 e. The maximum atomic E-state index is 5.35. The van der Waals surface area contributed by atoms with Crippen molar-refractivity contribution >= 4 is 12.2 Å². The van der Waals surface area contributed by atoms with Gasteiger partial charge in [0.25, 0.3) is 0 Å². The number of nitrogens with one attached hydrogen (secondary N) is 1. The summed E-state index contributed by atoms with van der Waals surface area (Å²) in [6.45, 7) is 6.73. The standard InChI is InChI=1S/C12H20N2S/c1-8(2)11-7-13-12(15)14(11)9(3)6-10-4-5-10/h7-10H,4-6H2,1-3H3,(H,13,15). The van der Waals surface area contributed by atoms with Crippen molar-refractivity contribution in [3.63, 3.8) is 0 Å². The van der Waals surface area contributed by atoms with E-state index in [2.05, 4.69) is 36.5 Å². The van der Waals surface area contributed by atoms with Gasteiger partial charge < -0.3 is 9.55 Å². The van der Waals surface area contributed by atoms with Crippen molar-refractivity contribution in [1.29, 1.82) is 0 Å². The highest BCUT2D eigenvalue weighted by molar-refractivity contribution is 7.71. The number of aromatic amines is 1. The Morgan fingerprint density at radius 3 is 2.67 bits per heavy atom. The first-order valence-corrected chi connectivity index (χ1v) is 6.30. The topological polar surface area (TPSA) is 20.7 Å². The largest absolute Gasteiger partial charge is 0.337 e. The summed E-state index contributed by atoms with van der Waals surface area (Å²) in [5.74, 6) is 1.50. The van der Waals surface area contributed by atoms with Crippen molar-refractivity contribution < 1.29 is 0 Å². The van der Waals surface area contributed by atoms with E-state index in [1.54, 1.807) is 0 Å². The number of H-pyrrole nitrogens is 1. The predicted molar refractivity (Wildman–Crippen MR) is 65.8 cm³/mol. The number of hydrogen-bond donors (Lipinski definition) is 1. The Morgan fingerprint density at radius 2 is 2.13 bits per heavy atom. The molecular weight excluding hydrogens is 204 g/mol. The second-order valence-electron chi connectivity index (χ2n) is 5.07. The molecule has 1 aliphatic rings. The van der Waals surface area contributed by atoms with Gasteiger partial charge in [0.1, 0.15) is 0 Å². The molecule has 1 saturated carbocycles. The number of aromatic nitrogens is 2. The third-order valence-electron chi connectivity index (χ3n) is 3.24. The average Bonchev–Trinajstić information content (AvgIpc) is 2.86. The molecule has 0 aliphatic heterocycles. The van der Waals surface area contributed by atoms with Crippen LogP contribution < -0.4 is 0 Å². The van der Waals surface area contributed by atoms with Gasteiger partial charge in [-0.05, 0) is 37.4 Å². The fourth-order valence-electron chi connectivity index (χ4n) is 2.23. The summed E-state index contributed by atoms with van der Waals surface area (Å²) in [7, 11) is 0. The highest BCUT2D eigenvalue weighted by Gasteiger charge is 2.25. The molecule has 1 unspecified atom stereocenters. The summed E-state index contributed by atoms with van der Waals surface area (Å²) in [6.07, 6.45) is 6.18. The summed E-state index contributed by atoms with van der Waals surface area (Å²) in [5, 5.41) is 0. The van der Waals surface area contributed by atoms with Crippen molar-refractivity contribution in [3.05, 3.63) is 16.7 Å². The average molecular weight is 224 g/mol. The zero-order chi connectivity index (χ0) is 11.0. The van der Waals surface area contributed by atoms with Crippen LogP contribution in [-0.4, -0.2) is 9.55 Å². The van der Waals surface area contributed by atoms with E-state index < -0.39 is 0 Å². The third-order valence-corrected chi connectivity index (χ3v) is 3.56. The normalized spacial score (nSPS) is 18.4. The highest BCUT2D eigenvalue weighted by atomic mass is 32.1. The molecule has 1 atom stereocenters. The lowest BCUT2D eigenvalue weighted by atomic mass is 10.1. The first-order chi connectivity index (χ1) is 7.09. The van der Waals surface area contributed by atoms with Crippen LogP contribution in [0, 0.1) is 10.7 Å². The van der Waals surface area contributed by atoms with Crippen molar-refractivity contribution in [2.45, 2.75) is 52.0 Å². The molecule has 1 aromatic heterocycles. The zero-order valence-electron chi connectivity index (χ0n) is 9.79. The van der Waals surface area contributed by atoms with Crippen LogP contribution in [0.2, 0.25) is 0 Å². The lowest BCUT2D eigenvalue weighted by molar-refractivity contribution is 0.453. The van der Waals surface area contributed by atoms with Crippen molar-refractivity contribution in [2.75, 3.05) is 0 Å². The zero-order valence-corrected chi connectivity index (χ0v) is 10.6. The molecule has 0 saturated heterocycles. The second kappa shape index (κ2) is 4.12.